The van der Waals surface area contributed by atoms with Gasteiger partial charge in [0.05, 0.1) is 6.07 Å². The predicted octanol–water partition coefficient (Wildman–Crippen LogP) is 2.12. The van der Waals surface area contributed by atoms with E-state index in [1.807, 2.05) is 0 Å². The van der Waals surface area contributed by atoms with Gasteiger partial charge >= 0.3 is 0 Å². The molecule has 98 valence electrons. The molecule has 6 heteroatoms. The number of halogens is 1. The molecule has 0 unspecified atom stereocenters. The van der Waals surface area contributed by atoms with E-state index in [1.165, 1.54) is 0 Å². The lowest BCUT2D eigenvalue weighted by Gasteiger charge is -2.31. The summed E-state index contributed by atoms with van der Waals surface area (Å²) < 4.78 is 0.880. The van der Waals surface area contributed by atoms with Crippen LogP contribution in [0.4, 0.5) is 0 Å². The lowest BCUT2D eigenvalue weighted by Crippen LogP contribution is -2.43. The van der Waals surface area contributed by atoms with Crippen LogP contribution in [-0.2, 0) is 10.5 Å². The first-order chi connectivity index (χ1) is 8.97. The highest BCUT2D eigenvalue weighted by Gasteiger charge is 2.44. The van der Waals surface area contributed by atoms with Crippen LogP contribution in [0.2, 0.25) is 0 Å². The van der Waals surface area contributed by atoms with Crippen LogP contribution in [0.25, 0.3) is 0 Å². The fourth-order valence-corrected chi connectivity index (χ4v) is 2.33. The highest BCUT2D eigenvalue weighted by atomic mass is 79.9. The highest BCUT2D eigenvalue weighted by molar-refractivity contribution is 9.10. The maximum absolute atomic E-state index is 11.9. The van der Waals surface area contributed by atoms with Crippen LogP contribution in [0.1, 0.15) is 25.3 Å². The Balaban J connectivity index is 2.39. The summed E-state index contributed by atoms with van der Waals surface area (Å²) in [5.41, 5.74) is -0.280. The Labute approximate surface area is 119 Å². The number of hydrazone groups is 1. The monoisotopic (exact) mass is 321 g/mol. The number of nitrogens with zero attached hydrogens (tertiary/aromatic N) is 3. The second-order valence-corrected chi connectivity index (χ2v) is 5.29. The molecule has 1 atom stereocenters. The number of hydrogen-bond acceptors (Lipinski definition) is 4. The van der Waals surface area contributed by atoms with Gasteiger partial charge < -0.3 is 5.11 Å². The molecule has 1 amide bonds. The largest absolute Gasteiger partial charge is 0.365 e. The van der Waals surface area contributed by atoms with Crippen LogP contribution in [0.5, 0.6) is 0 Å². The van der Waals surface area contributed by atoms with E-state index in [9.17, 15) is 9.90 Å². The van der Waals surface area contributed by atoms with Gasteiger partial charge in [-0.2, -0.15) is 15.4 Å². The average Bonchev–Trinajstić information content (AvgIpc) is 2.67. The molecule has 0 aromatic heterocycles. The number of amides is 1. The number of nitriles is 1. The summed E-state index contributed by atoms with van der Waals surface area (Å²) in [5.74, 6) is -0.509. The molecule has 0 bridgehead atoms. The van der Waals surface area contributed by atoms with E-state index < -0.39 is 11.6 Å². The molecule has 1 aromatic carbocycles. The Kier molecular flexibility index (Phi) is 3.69. The Morgan fingerprint density at radius 2 is 2.21 bits per heavy atom. The summed E-state index contributed by atoms with van der Waals surface area (Å²) in [6, 6.07) is 8.80. The molecule has 1 N–H and O–H groups in total. The first kappa shape index (κ1) is 13.7. The molecule has 1 aromatic rings. The van der Waals surface area contributed by atoms with Crippen molar-refractivity contribution in [1.82, 2.24) is 5.01 Å². The van der Waals surface area contributed by atoms with Gasteiger partial charge in [0.1, 0.15) is 6.42 Å². The first-order valence-electron chi connectivity index (χ1n) is 5.70. The van der Waals surface area contributed by atoms with Gasteiger partial charge in [0.25, 0.3) is 5.91 Å². The van der Waals surface area contributed by atoms with Crippen molar-refractivity contribution in [3.05, 3.63) is 34.3 Å². The summed E-state index contributed by atoms with van der Waals surface area (Å²) in [5, 5.41) is 24.4. The van der Waals surface area contributed by atoms with E-state index in [0.717, 1.165) is 9.48 Å². The molecular weight excluding hydrogens is 310 g/mol. The zero-order chi connectivity index (χ0) is 14.0. The fraction of sp³-hybridized carbons (Fsp3) is 0.308. The summed E-state index contributed by atoms with van der Waals surface area (Å²) in [6.45, 7) is 1.74. The maximum atomic E-state index is 11.9. The van der Waals surface area contributed by atoms with Crippen LogP contribution in [0.3, 0.4) is 0 Å². The number of benzene rings is 1. The SMILES string of the molecule is CC1=NN(C(=O)CC#N)[C@@](O)(c2ccc(Br)cc2)C1. The van der Waals surface area contributed by atoms with Gasteiger partial charge in [-0.1, -0.05) is 28.1 Å². The van der Waals surface area contributed by atoms with Crippen molar-refractivity contribution < 1.29 is 9.90 Å². The number of carbonyl (C=O) groups excluding carboxylic acids is 1. The van der Waals surface area contributed by atoms with Gasteiger partial charge in [0.15, 0.2) is 5.72 Å². The topological polar surface area (TPSA) is 76.7 Å². The zero-order valence-electron chi connectivity index (χ0n) is 10.3. The lowest BCUT2D eigenvalue weighted by atomic mass is 9.97. The van der Waals surface area contributed by atoms with Gasteiger partial charge in [0, 0.05) is 22.2 Å². The van der Waals surface area contributed by atoms with Crippen molar-refractivity contribution in [2.24, 2.45) is 5.10 Å². The Bertz CT molecular complexity index is 577. The number of aliphatic hydroxyl groups is 1. The third-order valence-electron chi connectivity index (χ3n) is 2.90. The summed E-state index contributed by atoms with van der Waals surface area (Å²) in [4.78, 5) is 11.9. The van der Waals surface area contributed by atoms with E-state index in [1.54, 1.807) is 37.3 Å². The average molecular weight is 322 g/mol. The molecule has 5 nitrogen and oxygen atoms in total. The Hall–Kier alpha value is -1.71. The first-order valence-corrected chi connectivity index (χ1v) is 6.49. The van der Waals surface area contributed by atoms with Crippen molar-refractivity contribution in [1.29, 1.82) is 5.26 Å². The van der Waals surface area contributed by atoms with Crippen molar-refractivity contribution in [2.45, 2.75) is 25.5 Å². The second-order valence-electron chi connectivity index (χ2n) is 4.38. The molecule has 0 saturated carbocycles. The highest BCUT2D eigenvalue weighted by Crippen LogP contribution is 2.36. The molecule has 0 spiro atoms. The summed E-state index contributed by atoms with van der Waals surface area (Å²) >= 11 is 3.32. The minimum absolute atomic E-state index is 0.242. The summed E-state index contributed by atoms with van der Waals surface area (Å²) in [7, 11) is 0. The predicted molar refractivity (Wildman–Crippen MR) is 72.8 cm³/mol. The molecule has 0 saturated heterocycles. The second kappa shape index (κ2) is 5.11. The molecule has 0 fully saturated rings. The smallest absolute Gasteiger partial charge is 0.259 e. The third kappa shape index (κ3) is 2.53. The molecule has 1 aliphatic heterocycles. The fourth-order valence-electron chi connectivity index (χ4n) is 2.07. The zero-order valence-corrected chi connectivity index (χ0v) is 11.9. The lowest BCUT2D eigenvalue weighted by molar-refractivity contribution is -0.156. The Morgan fingerprint density at radius 3 is 2.79 bits per heavy atom. The Morgan fingerprint density at radius 1 is 1.58 bits per heavy atom. The van der Waals surface area contributed by atoms with Crippen LogP contribution in [-0.4, -0.2) is 21.7 Å². The van der Waals surface area contributed by atoms with Crippen molar-refractivity contribution in [2.75, 3.05) is 0 Å². The van der Waals surface area contributed by atoms with Gasteiger partial charge in [-0.15, -0.1) is 0 Å². The molecule has 0 radical (unpaired) electrons. The molecule has 2 rings (SSSR count). The molecule has 0 aliphatic carbocycles. The van der Waals surface area contributed by atoms with E-state index in [0.29, 0.717) is 11.3 Å². The van der Waals surface area contributed by atoms with Crippen molar-refractivity contribution >= 4 is 27.5 Å². The van der Waals surface area contributed by atoms with Gasteiger partial charge in [-0.25, -0.2) is 0 Å². The molecule has 1 aliphatic rings. The number of carbonyl (C=O) groups is 1. The standard InChI is InChI=1S/C13H12BrN3O2/c1-9-8-13(19,10-2-4-11(14)5-3-10)17(16-9)12(18)6-7-15/h2-5,19H,6,8H2,1H3/t13-/m0/s1. The van der Waals surface area contributed by atoms with Crippen LogP contribution in [0, 0.1) is 11.3 Å². The van der Waals surface area contributed by atoms with Crippen molar-refractivity contribution in [3.63, 3.8) is 0 Å². The van der Waals surface area contributed by atoms with Crippen LogP contribution in [0.15, 0.2) is 33.8 Å². The minimum Gasteiger partial charge on any atom is -0.365 e. The normalized spacial score (nSPS) is 22.0. The van der Waals surface area contributed by atoms with E-state index >= 15 is 0 Å². The molecular formula is C13H12BrN3O2. The van der Waals surface area contributed by atoms with E-state index in [-0.39, 0.29) is 12.8 Å². The minimum atomic E-state index is -1.50. The van der Waals surface area contributed by atoms with Gasteiger partial charge in [0.2, 0.25) is 0 Å². The summed E-state index contributed by atoms with van der Waals surface area (Å²) in [6.07, 6.45) is -0.0680. The quantitative estimate of drug-likeness (QED) is 0.906. The number of hydrogen-bond donors (Lipinski definition) is 1. The van der Waals surface area contributed by atoms with Gasteiger partial charge in [-0.05, 0) is 19.1 Å². The third-order valence-corrected chi connectivity index (χ3v) is 3.43. The van der Waals surface area contributed by atoms with E-state index in [2.05, 4.69) is 21.0 Å². The van der Waals surface area contributed by atoms with Crippen molar-refractivity contribution in [3.8, 4) is 6.07 Å². The van der Waals surface area contributed by atoms with Crippen LogP contribution < -0.4 is 0 Å². The van der Waals surface area contributed by atoms with Crippen LogP contribution >= 0.6 is 15.9 Å². The molecule has 19 heavy (non-hydrogen) atoms. The molecule has 1 heterocycles. The number of rotatable bonds is 2. The van der Waals surface area contributed by atoms with E-state index in [4.69, 9.17) is 5.26 Å². The maximum Gasteiger partial charge on any atom is 0.259 e. The van der Waals surface area contributed by atoms with Gasteiger partial charge in [-0.3, -0.25) is 4.79 Å².